The maximum absolute atomic E-state index is 12.1. The summed E-state index contributed by atoms with van der Waals surface area (Å²) in [6.45, 7) is 4.42. The summed E-state index contributed by atoms with van der Waals surface area (Å²) >= 11 is 0. The zero-order chi connectivity index (χ0) is 16.2. The van der Waals surface area contributed by atoms with Gasteiger partial charge in [0.1, 0.15) is 5.75 Å². The minimum Gasteiger partial charge on any atom is -0.497 e. The van der Waals surface area contributed by atoms with Crippen LogP contribution in [0.25, 0.3) is 5.57 Å². The Kier molecular flexibility index (Phi) is 3.26. The van der Waals surface area contributed by atoms with Crippen molar-refractivity contribution in [2.75, 3.05) is 7.11 Å². The molecular formula is C21H24O2. The van der Waals surface area contributed by atoms with E-state index in [1.807, 2.05) is 6.92 Å². The Bertz CT molecular complexity index is 766. The molecule has 1 atom stereocenters. The third-order valence-electron chi connectivity index (χ3n) is 6.33. The summed E-state index contributed by atoms with van der Waals surface area (Å²) in [7, 11) is 1.73. The first-order chi connectivity index (χ1) is 11.0. The number of allylic oxidation sites excluding steroid dienone is 4. The Hall–Kier alpha value is -1.83. The fraction of sp³-hybridized carbons (Fsp3) is 0.476. The Morgan fingerprint density at radius 2 is 1.83 bits per heavy atom. The van der Waals surface area contributed by atoms with Crippen LogP contribution in [0.5, 0.6) is 5.75 Å². The first-order valence-electron chi connectivity index (χ1n) is 8.68. The summed E-state index contributed by atoms with van der Waals surface area (Å²) < 4.78 is 5.39. The number of hydrogen-bond donors (Lipinski definition) is 0. The zero-order valence-electron chi connectivity index (χ0n) is 14.3. The number of rotatable bonds is 1. The first kappa shape index (κ1) is 14.7. The van der Waals surface area contributed by atoms with Crippen LogP contribution in [0.2, 0.25) is 0 Å². The van der Waals surface area contributed by atoms with Gasteiger partial charge in [0.2, 0.25) is 0 Å². The van der Waals surface area contributed by atoms with Crippen molar-refractivity contribution in [3.05, 3.63) is 46.0 Å². The minimum atomic E-state index is 0.114. The molecule has 0 N–H and O–H groups in total. The number of hydrogen-bond acceptors (Lipinski definition) is 2. The van der Waals surface area contributed by atoms with E-state index in [1.165, 1.54) is 16.7 Å². The van der Waals surface area contributed by atoms with Crippen molar-refractivity contribution in [3.63, 3.8) is 0 Å². The fourth-order valence-electron chi connectivity index (χ4n) is 5.00. The zero-order valence-corrected chi connectivity index (χ0v) is 14.3. The lowest BCUT2D eigenvalue weighted by Crippen LogP contribution is -2.34. The van der Waals surface area contributed by atoms with Crippen LogP contribution >= 0.6 is 0 Å². The normalized spacial score (nSPS) is 26.7. The van der Waals surface area contributed by atoms with Crippen LogP contribution in [-0.2, 0) is 11.2 Å². The summed E-state index contributed by atoms with van der Waals surface area (Å²) in [5, 5.41) is 0. The summed E-state index contributed by atoms with van der Waals surface area (Å²) in [4.78, 5) is 12.1. The van der Waals surface area contributed by atoms with Gasteiger partial charge < -0.3 is 4.74 Å². The molecule has 0 spiro atoms. The highest BCUT2D eigenvalue weighted by Gasteiger charge is 2.43. The number of Topliss-reactive ketones (excluding diaryl/α,β-unsaturated/α-hetero) is 1. The maximum atomic E-state index is 12.1. The van der Waals surface area contributed by atoms with E-state index in [-0.39, 0.29) is 5.41 Å². The second kappa shape index (κ2) is 5.09. The number of aryl methyl sites for hydroxylation is 1. The Labute approximate surface area is 138 Å². The highest BCUT2D eigenvalue weighted by molar-refractivity contribution is 5.97. The second-order valence-corrected chi connectivity index (χ2v) is 7.34. The predicted molar refractivity (Wildman–Crippen MR) is 92.5 cm³/mol. The van der Waals surface area contributed by atoms with Gasteiger partial charge in [-0.1, -0.05) is 24.1 Å². The lowest BCUT2D eigenvalue weighted by atomic mass is 9.58. The lowest BCUT2D eigenvalue weighted by molar-refractivity contribution is -0.116. The molecule has 0 aliphatic heterocycles. The average molecular weight is 308 g/mol. The van der Waals surface area contributed by atoms with E-state index in [1.54, 1.807) is 18.3 Å². The van der Waals surface area contributed by atoms with E-state index < -0.39 is 0 Å². The monoisotopic (exact) mass is 308 g/mol. The van der Waals surface area contributed by atoms with Crippen LogP contribution in [0, 0.1) is 5.41 Å². The van der Waals surface area contributed by atoms with Gasteiger partial charge in [-0.3, -0.25) is 4.79 Å². The number of benzene rings is 1. The van der Waals surface area contributed by atoms with E-state index >= 15 is 0 Å². The SMILES string of the molecule is COc1ccc2c(c1)CCC1=C2CCC2=C(C)C(=O)CCC21C. The molecule has 0 fully saturated rings. The van der Waals surface area contributed by atoms with Gasteiger partial charge >= 0.3 is 0 Å². The smallest absolute Gasteiger partial charge is 0.158 e. The van der Waals surface area contributed by atoms with Crippen molar-refractivity contribution >= 4 is 11.4 Å². The van der Waals surface area contributed by atoms with Gasteiger partial charge in [-0.2, -0.15) is 0 Å². The van der Waals surface area contributed by atoms with Crippen LogP contribution in [-0.4, -0.2) is 12.9 Å². The molecule has 0 amide bonds. The lowest BCUT2D eigenvalue weighted by Gasteiger charge is -2.46. The van der Waals surface area contributed by atoms with Gasteiger partial charge in [0.25, 0.3) is 0 Å². The molecule has 0 saturated carbocycles. The van der Waals surface area contributed by atoms with Crippen molar-refractivity contribution < 1.29 is 9.53 Å². The number of fused-ring (bicyclic) bond motifs is 4. The van der Waals surface area contributed by atoms with E-state index in [2.05, 4.69) is 25.1 Å². The minimum absolute atomic E-state index is 0.114. The van der Waals surface area contributed by atoms with Crippen LogP contribution in [0.4, 0.5) is 0 Å². The molecule has 4 rings (SSSR count). The van der Waals surface area contributed by atoms with Crippen molar-refractivity contribution in [3.8, 4) is 5.75 Å². The van der Waals surface area contributed by atoms with Crippen molar-refractivity contribution in [2.45, 2.75) is 52.4 Å². The van der Waals surface area contributed by atoms with E-state index in [4.69, 9.17) is 4.74 Å². The Morgan fingerprint density at radius 1 is 1.04 bits per heavy atom. The topological polar surface area (TPSA) is 26.3 Å². The molecular weight excluding hydrogens is 284 g/mol. The highest BCUT2D eigenvalue weighted by Crippen LogP contribution is 2.56. The van der Waals surface area contributed by atoms with Crippen molar-refractivity contribution in [1.82, 2.24) is 0 Å². The van der Waals surface area contributed by atoms with Gasteiger partial charge in [0, 0.05) is 11.8 Å². The molecule has 1 unspecified atom stereocenters. The molecule has 0 bridgehead atoms. The summed E-state index contributed by atoms with van der Waals surface area (Å²) in [5.74, 6) is 1.32. The first-order valence-corrected chi connectivity index (χ1v) is 8.68. The number of ketones is 1. The number of carbonyl (C=O) groups excluding carboxylic acids is 1. The predicted octanol–water partition coefficient (Wildman–Crippen LogP) is 4.87. The Balaban J connectivity index is 1.87. The highest BCUT2D eigenvalue weighted by atomic mass is 16.5. The molecule has 2 nitrogen and oxygen atoms in total. The summed E-state index contributed by atoms with van der Waals surface area (Å²) in [5.41, 5.74) is 8.56. The molecule has 1 aromatic carbocycles. The largest absolute Gasteiger partial charge is 0.497 e. The van der Waals surface area contributed by atoms with Gasteiger partial charge in [0.05, 0.1) is 7.11 Å². The number of ether oxygens (including phenoxy) is 1. The van der Waals surface area contributed by atoms with Gasteiger partial charge in [-0.15, -0.1) is 0 Å². The molecule has 23 heavy (non-hydrogen) atoms. The molecule has 0 radical (unpaired) electrons. The van der Waals surface area contributed by atoms with Crippen LogP contribution < -0.4 is 4.74 Å². The standard InChI is InChI=1S/C21H24O2/c1-13-18-9-7-17-16-6-5-15(23-3)12-14(16)4-8-19(17)21(18,2)11-10-20(13)22/h5-6,12H,4,7-11H2,1-3H3. The fourth-order valence-corrected chi connectivity index (χ4v) is 5.00. The van der Waals surface area contributed by atoms with E-state index in [9.17, 15) is 4.79 Å². The summed E-state index contributed by atoms with van der Waals surface area (Å²) in [6.07, 6.45) is 6.02. The van der Waals surface area contributed by atoms with Crippen LogP contribution in [0.15, 0.2) is 34.9 Å². The molecule has 3 aliphatic rings. The van der Waals surface area contributed by atoms with Crippen LogP contribution in [0.3, 0.4) is 0 Å². The van der Waals surface area contributed by atoms with Gasteiger partial charge in [-0.25, -0.2) is 0 Å². The van der Waals surface area contributed by atoms with Crippen LogP contribution in [0.1, 0.15) is 57.1 Å². The number of carbonyl (C=O) groups is 1. The van der Waals surface area contributed by atoms with Crippen molar-refractivity contribution in [1.29, 1.82) is 0 Å². The second-order valence-electron chi connectivity index (χ2n) is 7.34. The molecule has 0 heterocycles. The maximum Gasteiger partial charge on any atom is 0.158 e. The van der Waals surface area contributed by atoms with E-state index in [0.717, 1.165) is 43.4 Å². The molecule has 2 heteroatoms. The van der Waals surface area contributed by atoms with Gasteiger partial charge in [0.15, 0.2) is 5.78 Å². The quantitative estimate of drug-likeness (QED) is 0.739. The molecule has 0 saturated heterocycles. The molecule has 1 aromatic rings. The Morgan fingerprint density at radius 3 is 2.61 bits per heavy atom. The van der Waals surface area contributed by atoms with Gasteiger partial charge in [-0.05, 0) is 73.4 Å². The number of methoxy groups -OCH3 is 1. The molecule has 3 aliphatic carbocycles. The summed E-state index contributed by atoms with van der Waals surface area (Å²) in [6, 6.07) is 6.52. The third-order valence-corrected chi connectivity index (χ3v) is 6.33. The van der Waals surface area contributed by atoms with Crippen molar-refractivity contribution in [2.24, 2.45) is 5.41 Å². The molecule has 120 valence electrons. The third kappa shape index (κ3) is 2.04. The average Bonchev–Trinajstić information content (AvgIpc) is 2.57. The molecule has 0 aromatic heterocycles. The van der Waals surface area contributed by atoms with E-state index in [0.29, 0.717) is 12.2 Å².